The van der Waals surface area contributed by atoms with Crippen LogP contribution in [-0.2, 0) is 6.18 Å². The van der Waals surface area contributed by atoms with Crippen molar-refractivity contribution in [3.05, 3.63) is 28.3 Å². The van der Waals surface area contributed by atoms with Gasteiger partial charge in [-0.2, -0.15) is 22.0 Å². The highest BCUT2D eigenvalue weighted by Gasteiger charge is 2.38. The molecule has 1 aromatic rings. The fourth-order valence-electron chi connectivity index (χ4n) is 1.12. The Kier molecular flexibility index (Phi) is 3.62. The van der Waals surface area contributed by atoms with Crippen molar-refractivity contribution in [1.82, 2.24) is 0 Å². The minimum absolute atomic E-state index is 0.135. The molecule has 0 atom stereocenters. The summed E-state index contributed by atoms with van der Waals surface area (Å²) >= 11 is 5.42. The molecule has 0 amide bonds. The first-order valence-electron chi connectivity index (χ1n) is 4.04. The van der Waals surface area contributed by atoms with Gasteiger partial charge in [0.2, 0.25) is 0 Å². The zero-order valence-electron chi connectivity index (χ0n) is 7.91. The molecule has 0 aliphatic rings. The monoisotopic (exact) mass is 260 g/mol. The number of rotatable bonds is 2. The van der Waals surface area contributed by atoms with Gasteiger partial charge in [0.1, 0.15) is 11.3 Å². The van der Waals surface area contributed by atoms with Crippen LogP contribution in [0.3, 0.4) is 0 Å². The minimum atomic E-state index is -4.84. The van der Waals surface area contributed by atoms with Crippen molar-refractivity contribution < 1.29 is 26.7 Å². The van der Waals surface area contributed by atoms with Gasteiger partial charge in [-0.1, -0.05) is 17.7 Å². The van der Waals surface area contributed by atoms with Crippen LogP contribution in [0.2, 0.25) is 5.02 Å². The summed E-state index contributed by atoms with van der Waals surface area (Å²) in [6.07, 6.45) is -4.84. The molecule has 0 saturated carbocycles. The van der Waals surface area contributed by atoms with Crippen molar-refractivity contribution in [2.45, 2.75) is 19.7 Å². The van der Waals surface area contributed by atoms with E-state index < -0.39 is 29.1 Å². The fraction of sp³-hybridized carbons (Fsp3) is 0.333. The highest BCUT2D eigenvalue weighted by molar-refractivity contribution is 6.32. The Hall–Kier alpha value is -1.04. The van der Waals surface area contributed by atoms with Crippen LogP contribution < -0.4 is 4.74 Å². The molecule has 0 fully saturated rings. The lowest BCUT2D eigenvalue weighted by atomic mass is 10.1. The third-order valence-corrected chi connectivity index (χ3v) is 2.28. The normalized spacial score (nSPS) is 12.0. The maximum Gasteiger partial charge on any atom is 0.421 e. The molecule has 0 aliphatic heterocycles. The Labute approximate surface area is 92.8 Å². The first-order chi connectivity index (χ1) is 7.23. The predicted octanol–water partition coefficient (Wildman–Crippen LogP) is 4.27. The Balaban J connectivity index is 3.33. The van der Waals surface area contributed by atoms with Crippen molar-refractivity contribution in [3.8, 4) is 5.75 Å². The summed E-state index contributed by atoms with van der Waals surface area (Å²) < 4.78 is 65.1. The SMILES string of the molecule is Cc1ccc(OC(F)F)c(C(F)(F)F)c1Cl. The van der Waals surface area contributed by atoms with E-state index in [-0.39, 0.29) is 5.56 Å². The van der Waals surface area contributed by atoms with Crippen molar-refractivity contribution in [2.75, 3.05) is 0 Å². The van der Waals surface area contributed by atoms with Gasteiger partial charge in [-0.25, -0.2) is 0 Å². The van der Waals surface area contributed by atoms with Crippen molar-refractivity contribution in [1.29, 1.82) is 0 Å². The van der Waals surface area contributed by atoms with E-state index in [1.165, 1.54) is 13.0 Å². The Morgan fingerprint density at radius 3 is 2.25 bits per heavy atom. The first-order valence-corrected chi connectivity index (χ1v) is 4.42. The quantitative estimate of drug-likeness (QED) is 0.722. The number of alkyl halides is 5. The molecular formula is C9H6ClF5O. The van der Waals surface area contributed by atoms with Gasteiger partial charge in [-0.3, -0.25) is 0 Å². The minimum Gasteiger partial charge on any atom is -0.434 e. The number of aryl methyl sites for hydroxylation is 1. The van der Waals surface area contributed by atoms with E-state index in [0.29, 0.717) is 0 Å². The summed E-state index contributed by atoms with van der Waals surface area (Å²) in [5, 5.41) is -0.634. The van der Waals surface area contributed by atoms with Gasteiger partial charge in [-0.15, -0.1) is 0 Å². The lowest BCUT2D eigenvalue weighted by Gasteiger charge is -2.15. The molecule has 0 aromatic heterocycles. The summed E-state index contributed by atoms with van der Waals surface area (Å²) in [7, 11) is 0. The fourth-order valence-corrected chi connectivity index (χ4v) is 1.38. The van der Waals surface area contributed by atoms with Gasteiger partial charge < -0.3 is 4.74 Å². The molecule has 1 aromatic carbocycles. The number of ether oxygens (including phenoxy) is 1. The number of halogens is 6. The van der Waals surface area contributed by atoms with Crippen molar-refractivity contribution >= 4 is 11.6 Å². The van der Waals surface area contributed by atoms with E-state index in [2.05, 4.69) is 4.74 Å². The van der Waals surface area contributed by atoms with Gasteiger partial charge in [0.25, 0.3) is 0 Å². The van der Waals surface area contributed by atoms with Gasteiger partial charge in [0.05, 0.1) is 5.02 Å². The number of hydrogen-bond acceptors (Lipinski definition) is 1. The molecule has 0 N–H and O–H groups in total. The van der Waals surface area contributed by atoms with E-state index in [1.54, 1.807) is 0 Å². The summed E-state index contributed by atoms with van der Waals surface area (Å²) in [6.45, 7) is -2.00. The zero-order valence-corrected chi connectivity index (χ0v) is 8.66. The second kappa shape index (κ2) is 4.45. The standard InChI is InChI=1S/C9H6ClF5O/c1-4-2-3-5(16-8(11)12)6(7(4)10)9(13,14)15/h2-3,8H,1H3. The van der Waals surface area contributed by atoms with E-state index in [4.69, 9.17) is 11.6 Å². The molecular weight excluding hydrogens is 255 g/mol. The molecule has 0 radical (unpaired) electrons. The molecule has 0 spiro atoms. The van der Waals surface area contributed by atoms with E-state index >= 15 is 0 Å². The Morgan fingerprint density at radius 1 is 1.25 bits per heavy atom. The lowest BCUT2D eigenvalue weighted by Crippen LogP contribution is -2.12. The summed E-state index contributed by atoms with van der Waals surface area (Å²) in [6, 6.07) is 1.99. The maximum atomic E-state index is 12.5. The molecule has 0 unspecified atom stereocenters. The predicted molar refractivity (Wildman–Crippen MR) is 47.8 cm³/mol. The van der Waals surface area contributed by atoms with Crippen molar-refractivity contribution in [3.63, 3.8) is 0 Å². The van der Waals surface area contributed by atoms with Gasteiger partial charge in [0.15, 0.2) is 0 Å². The maximum absolute atomic E-state index is 12.5. The third kappa shape index (κ3) is 2.75. The lowest BCUT2D eigenvalue weighted by molar-refractivity contribution is -0.141. The Morgan fingerprint density at radius 2 is 1.81 bits per heavy atom. The van der Waals surface area contributed by atoms with Gasteiger partial charge in [-0.05, 0) is 18.6 Å². The molecule has 1 nitrogen and oxygen atoms in total. The molecule has 0 aliphatic carbocycles. The largest absolute Gasteiger partial charge is 0.434 e. The topological polar surface area (TPSA) is 9.23 Å². The van der Waals surface area contributed by atoms with Gasteiger partial charge >= 0.3 is 12.8 Å². The van der Waals surface area contributed by atoms with Crippen LogP contribution >= 0.6 is 11.6 Å². The average molecular weight is 261 g/mol. The molecule has 0 saturated heterocycles. The summed E-state index contributed by atoms with van der Waals surface area (Å²) in [4.78, 5) is 0. The van der Waals surface area contributed by atoms with Gasteiger partial charge in [0, 0.05) is 0 Å². The van der Waals surface area contributed by atoms with Crippen LogP contribution in [0.4, 0.5) is 22.0 Å². The number of benzene rings is 1. The van der Waals surface area contributed by atoms with E-state index in [9.17, 15) is 22.0 Å². The van der Waals surface area contributed by atoms with Crippen LogP contribution in [0.5, 0.6) is 5.75 Å². The average Bonchev–Trinajstić information content (AvgIpc) is 2.08. The highest BCUT2D eigenvalue weighted by atomic mass is 35.5. The molecule has 0 heterocycles. The van der Waals surface area contributed by atoms with Crippen LogP contribution in [0, 0.1) is 6.92 Å². The summed E-state index contributed by atoms with van der Waals surface area (Å²) in [5.41, 5.74) is -1.25. The molecule has 16 heavy (non-hydrogen) atoms. The zero-order chi connectivity index (χ0) is 12.5. The first kappa shape index (κ1) is 13.0. The van der Waals surface area contributed by atoms with E-state index in [0.717, 1.165) is 6.07 Å². The third-order valence-electron chi connectivity index (χ3n) is 1.80. The highest BCUT2D eigenvalue weighted by Crippen LogP contribution is 2.42. The van der Waals surface area contributed by atoms with Crippen LogP contribution in [0.1, 0.15) is 11.1 Å². The van der Waals surface area contributed by atoms with E-state index in [1.807, 2.05) is 0 Å². The molecule has 90 valence electrons. The molecule has 0 bridgehead atoms. The smallest absolute Gasteiger partial charge is 0.421 e. The Bertz CT molecular complexity index is 388. The van der Waals surface area contributed by atoms with Crippen LogP contribution in [0.25, 0.3) is 0 Å². The van der Waals surface area contributed by atoms with Crippen LogP contribution in [-0.4, -0.2) is 6.61 Å². The van der Waals surface area contributed by atoms with Crippen LogP contribution in [0.15, 0.2) is 12.1 Å². The van der Waals surface area contributed by atoms with Crippen molar-refractivity contribution in [2.24, 2.45) is 0 Å². The molecule has 7 heteroatoms. The second-order valence-corrected chi connectivity index (χ2v) is 3.32. The second-order valence-electron chi connectivity index (χ2n) is 2.95. The summed E-state index contributed by atoms with van der Waals surface area (Å²) in [5.74, 6) is -0.974. The molecule has 1 rings (SSSR count). The number of hydrogen-bond donors (Lipinski definition) is 0.